The predicted octanol–water partition coefficient (Wildman–Crippen LogP) is 3.51. The lowest BCUT2D eigenvalue weighted by molar-refractivity contribution is 0.0915. The third-order valence-corrected chi connectivity index (χ3v) is 2.80. The smallest absolute Gasteiger partial charge is 0.125 e. The molecule has 1 aromatic carbocycles. The van der Waals surface area contributed by atoms with Crippen molar-refractivity contribution < 1.29 is 4.74 Å². The minimum absolute atomic E-state index is 0.149. The van der Waals surface area contributed by atoms with Gasteiger partial charge in [-0.3, -0.25) is 0 Å². The van der Waals surface area contributed by atoms with E-state index in [0.717, 1.165) is 12.2 Å². The quantitative estimate of drug-likeness (QED) is 0.866. The number of hydrogen-bond acceptors (Lipinski definition) is 2. The van der Waals surface area contributed by atoms with Crippen LogP contribution in [-0.4, -0.2) is 11.6 Å². The van der Waals surface area contributed by atoms with Crippen LogP contribution in [0.15, 0.2) is 12.1 Å². The van der Waals surface area contributed by atoms with Gasteiger partial charge in [0.05, 0.1) is 0 Å². The minimum atomic E-state index is -0.223. The third kappa shape index (κ3) is 4.04. The van der Waals surface area contributed by atoms with E-state index in [9.17, 15) is 0 Å². The lowest BCUT2D eigenvalue weighted by Crippen LogP contribution is -2.35. The van der Waals surface area contributed by atoms with Crippen LogP contribution in [0.2, 0.25) is 0 Å². The fourth-order valence-electron chi connectivity index (χ4n) is 2.42. The van der Waals surface area contributed by atoms with E-state index in [1.807, 2.05) is 6.92 Å². The fourth-order valence-corrected chi connectivity index (χ4v) is 2.42. The molecule has 0 bridgehead atoms. The molecular formula is C15H25NO. The Kier molecular flexibility index (Phi) is 4.21. The van der Waals surface area contributed by atoms with Crippen LogP contribution in [0, 0.1) is 20.8 Å². The van der Waals surface area contributed by atoms with E-state index in [-0.39, 0.29) is 11.6 Å². The Morgan fingerprint density at radius 1 is 1.18 bits per heavy atom. The molecule has 0 aliphatic carbocycles. The summed E-state index contributed by atoms with van der Waals surface area (Å²) >= 11 is 0. The topological polar surface area (TPSA) is 35.2 Å². The number of benzene rings is 1. The molecule has 0 saturated carbocycles. The van der Waals surface area contributed by atoms with Gasteiger partial charge < -0.3 is 10.5 Å². The van der Waals surface area contributed by atoms with E-state index < -0.39 is 0 Å². The Hall–Kier alpha value is -1.02. The Labute approximate surface area is 105 Å². The summed E-state index contributed by atoms with van der Waals surface area (Å²) < 4.78 is 6.15. The second-order valence-corrected chi connectivity index (χ2v) is 5.77. The highest BCUT2D eigenvalue weighted by atomic mass is 16.5. The normalized spacial score (nSPS) is 13.6. The van der Waals surface area contributed by atoms with Gasteiger partial charge in [0.15, 0.2) is 0 Å². The van der Waals surface area contributed by atoms with E-state index in [1.54, 1.807) is 0 Å². The van der Waals surface area contributed by atoms with Gasteiger partial charge in [-0.25, -0.2) is 0 Å². The van der Waals surface area contributed by atoms with Crippen LogP contribution in [0.5, 0.6) is 5.75 Å². The highest BCUT2D eigenvalue weighted by Gasteiger charge is 2.23. The van der Waals surface area contributed by atoms with Crippen LogP contribution in [-0.2, 0) is 0 Å². The van der Waals surface area contributed by atoms with Gasteiger partial charge in [0.1, 0.15) is 11.4 Å². The van der Waals surface area contributed by atoms with Gasteiger partial charge in [-0.15, -0.1) is 0 Å². The van der Waals surface area contributed by atoms with Gasteiger partial charge in [-0.05, 0) is 52.7 Å². The molecule has 17 heavy (non-hydrogen) atoms. The van der Waals surface area contributed by atoms with Crippen LogP contribution in [0.25, 0.3) is 0 Å². The Balaban J connectivity index is 2.95. The highest BCUT2D eigenvalue weighted by Crippen LogP contribution is 2.29. The van der Waals surface area contributed by atoms with Crippen LogP contribution in [0.4, 0.5) is 0 Å². The maximum absolute atomic E-state index is 6.15. The van der Waals surface area contributed by atoms with Crippen LogP contribution in [0.1, 0.15) is 43.9 Å². The average molecular weight is 235 g/mol. The van der Waals surface area contributed by atoms with E-state index in [2.05, 4.69) is 46.8 Å². The largest absolute Gasteiger partial charge is 0.487 e. The van der Waals surface area contributed by atoms with E-state index in [4.69, 9.17) is 10.5 Å². The zero-order valence-electron chi connectivity index (χ0n) is 11.9. The summed E-state index contributed by atoms with van der Waals surface area (Å²) in [5.74, 6) is 1.00. The summed E-state index contributed by atoms with van der Waals surface area (Å²) in [4.78, 5) is 0. The summed E-state index contributed by atoms with van der Waals surface area (Å²) in [7, 11) is 0. The molecule has 2 nitrogen and oxygen atoms in total. The molecule has 1 rings (SSSR count). The van der Waals surface area contributed by atoms with Gasteiger partial charge in [-0.2, -0.15) is 0 Å². The van der Waals surface area contributed by atoms with Crippen LogP contribution in [0.3, 0.4) is 0 Å². The van der Waals surface area contributed by atoms with Crippen molar-refractivity contribution in [2.45, 2.75) is 59.6 Å². The minimum Gasteiger partial charge on any atom is -0.487 e. The predicted molar refractivity (Wildman–Crippen MR) is 73.6 cm³/mol. The van der Waals surface area contributed by atoms with Crippen LogP contribution < -0.4 is 10.5 Å². The first-order valence-electron chi connectivity index (χ1n) is 6.24. The molecule has 0 saturated heterocycles. The molecule has 1 atom stereocenters. The number of rotatable bonds is 4. The van der Waals surface area contributed by atoms with E-state index in [1.165, 1.54) is 16.7 Å². The second-order valence-electron chi connectivity index (χ2n) is 5.77. The second kappa shape index (κ2) is 5.09. The molecule has 0 fully saturated rings. The van der Waals surface area contributed by atoms with Gasteiger partial charge in [-0.1, -0.05) is 17.7 Å². The molecule has 0 aliphatic rings. The maximum atomic E-state index is 6.15. The highest BCUT2D eigenvalue weighted by molar-refractivity contribution is 5.43. The first-order valence-corrected chi connectivity index (χ1v) is 6.24. The molecule has 0 radical (unpaired) electrons. The molecule has 2 heteroatoms. The van der Waals surface area contributed by atoms with Crippen LogP contribution >= 0.6 is 0 Å². The first-order chi connectivity index (χ1) is 7.71. The molecule has 0 aliphatic heterocycles. The first kappa shape index (κ1) is 14.0. The van der Waals surface area contributed by atoms with Crippen molar-refractivity contribution >= 4 is 0 Å². The Morgan fingerprint density at radius 3 is 2.06 bits per heavy atom. The van der Waals surface area contributed by atoms with Crippen molar-refractivity contribution in [2.24, 2.45) is 5.73 Å². The standard InChI is InChI=1S/C15H25NO/c1-10-7-11(2)14(12(3)8-10)17-15(5,6)9-13(4)16/h7-8,13H,9,16H2,1-6H3. The third-order valence-electron chi connectivity index (χ3n) is 2.80. The molecule has 0 spiro atoms. The monoisotopic (exact) mass is 235 g/mol. The summed E-state index contributed by atoms with van der Waals surface area (Å²) in [5.41, 5.74) is 9.29. The average Bonchev–Trinajstić information content (AvgIpc) is 2.09. The van der Waals surface area contributed by atoms with Crippen molar-refractivity contribution in [3.8, 4) is 5.75 Å². The number of hydrogen-bond donors (Lipinski definition) is 1. The van der Waals surface area contributed by atoms with Gasteiger partial charge in [0.2, 0.25) is 0 Å². The van der Waals surface area contributed by atoms with Crippen molar-refractivity contribution in [2.75, 3.05) is 0 Å². The van der Waals surface area contributed by atoms with E-state index >= 15 is 0 Å². The SMILES string of the molecule is Cc1cc(C)c(OC(C)(C)CC(C)N)c(C)c1. The number of nitrogens with two attached hydrogens (primary N) is 1. The Bertz CT molecular complexity index is 371. The molecular weight excluding hydrogens is 210 g/mol. The summed E-state index contributed by atoms with van der Waals surface area (Å²) in [6.07, 6.45) is 0.847. The van der Waals surface area contributed by atoms with E-state index in [0.29, 0.717) is 0 Å². The van der Waals surface area contributed by atoms with Gasteiger partial charge >= 0.3 is 0 Å². The molecule has 1 unspecified atom stereocenters. The van der Waals surface area contributed by atoms with Crippen molar-refractivity contribution in [3.05, 3.63) is 28.8 Å². The molecule has 0 aromatic heterocycles. The summed E-state index contributed by atoms with van der Waals surface area (Å²) in [6.45, 7) is 12.5. The van der Waals surface area contributed by atoms with Crippen molar-refractivity contribution in [1.29, 1.82) is 0 Å². The molecule has 0 heterocycles. The molecule has 1 aromatic rings. The molecule has 96 valence electrons. The lowest BCUT2D eigenvalue weighted by atomic mass is 9.99. The van der Waals surface area contributed by atoms with Crippen molar-refractivity contribution in [3.63, 3.8) is 0 Å². The van der Waals surface area contributed by atoms with Crippen molar-refractivity contribution in [1.82, 2.24) is 0 Å². The fraction of sp³-hybridized carbons (Fsp3) is 0.600. The maximum Gasteiger partial charge on any atom is 0.125 e. The summed E-state index contributed by atoms with van der Waals surface area (Å²) in [5, 5.41) is 0. The summed E-state index contributed by atoms with van der Waals surface area (Å²) in [6, 6.07) is 4.46. The van der Waals surface area contributed by atoms with Gasteiger partial charge in [0, 0.05) is 12.5 Å². The number of ether oxygens (including phenoxy) is 1. The zero-order chi connectivity index (χ0) is 13.2. The Morgan fingerprint density at radius 2 is 1.65 bits per heavy atom. The lowest BCUT2D eigenvalue weighted by Gasteiger charge is -2.30. The zero-order valence-corrected chi connectivity index (χ0v) is 11.9. The number of aryl methyl sites for hydroxylation is 3. The molecule has 2 N–H and O–H groups in total. The molecule has 0 amide bonds. The van der Waals surface area contributed by atoms with Gasteiger partial charge in [0.25, 0.3) is 0 Å².